The molecule has 1 aliphatic heterocycles. The summed E-state index contributed by atoms with van der Waals surface area (Å²) in [5.41, 5.74) is 0.662. The molecule has 25 heavy (non-hydrogen) atoms. The van der Waals surface area contributed by atoms with Gasteiger partial charge in [-0.1, -0.05) is 37.8 Å². The second-order valence-electron chi connectivity index (χ2n) is 6.80. The van der Waals surface area contributed by atoms with E-state index in [0.29, 0.717) is 23.0 Å². The van der Waals surface area contributed by atoms with Gasteiger partial charge < -0.3 is 10.4 Å². The normalized spacial score (nSPS) is 21.3. The van der Waals surface area contributed by atoms with Gasteiger partial charge in [-0.25, -0.2) is 4.79 Å². The van der Waals surface area contributed by atoms with E-state index < -0.39 is 11.5 Å². The monoisotopic (exact) mass is 379 g/mol. The molecule has 3 rings (SSSR count). The van der Waals surface area contributed by atoms with E-state index in [4.69, 9.17) is 0 Å². The average Bonchev–Trinajstić information content (AvgIpc) is 2.89. The highest BCUT2D eigenvalue weighted by Crippen LogP contribution is 2.43. The van der Waals surface area contributed by atoms with Crippen molar-refractivity contribution >= 4 is 35.4 Å². The molecule has 2 aliphatic rings. The summed E-state index contributed by atoms with van der Waals surface area (Å²) in [6.07, 6.45) is 6.06. The first kappa shape index (κ1) is 18.6. The summed E-state index contributed by atoms with van der Waals surface area (Å²) < 4.78 is 0.443. The maximum absolute atomic E-state index is 12.6. The molecular formula is C19H25NO3S2. The summed E-state index contributed by atoms with van der Waals surface area (Å²) >= 11 is 3.90. The lowest BCUT2D eigenvalue weighted by atomic mass is 9.90. The lowest BCUT2D eigenvalue weighted by molar-refractivity contribution is -0.145. The minimum Gasteiger partial charge on any atom is -0.480 e. The number of amides is 1. The maximum atomic E-state index is 12.6. The van der Waals surface area contributed by atoms with Crippen LogP contribution in [0.2, 0.25) is 0 Å². The van der Waals surface area contributed by atoms with Crippen molar-refractivity contribution in [1.29, 1.82) is 0 Å². The van der Waals surface area contributed by atoms with Gasteiger partial charge in [-0.05, 0) is 48.5 Å². The van der Waals surface area contributed by atoms with E-state index >= 15 is 0 Å². The van der Waals surface area contributed by atoms with Gasteiger partial charge in [0, 0.05) is 5.56 Å². The number of thioether (sulfide) groups is 2. The molecule has 0 bridgehead atoms. The number of hydrogen-bond donors (Lipinski definition) is 2. The summed E-state index contributed by atoms with van der Waals surface area (Å²) in [5, 5.41) is 12.5. The van der Waals surface area contributed by atoms with Gasteiger partial charge in [0.1, 0.15) is 5.54 Å². The van der Waals surface area contributed by atoms with Crippen molar-refractivity contribution in [2.24, 2.45) is 0 Å². The molecular weight excluding hydrogens is 354 g/mol. The van der Waals surface area contributed by atoms with E-state index in [1.54, 1.807) is 0 Å². The fraction of sp³-hybridized carbons (Fsp3) is 0.579. The predicted molar refractivity (Wildman–Crippen MR) is 104 cm³/mol. The van der Waals surface area contributed by atoms with E-state index in [2.05, 4.69) is 5.32 Å². The van der Waals surface area contributed by atoms with Crippen LogP contribution in [0.25, 0.3) is 0 Å². The first-order valence-corrected chi connectivity index (χ1v) is 11.1. The zero-order valence-corrected chi connectivity index (χ0v) is 16.0. The molecule has 136 valence electrons. The third-order valence-electron chi connectivity index (χ3n) is 4.99. The van der Waals surface area contributed by atoms with E-state index in [0.717, 1.165) is 25.7 Å². The van der Waals surface area contributed by atoms with Gasteiger partial charge in [0.2, 0.25) is 0 Å². The van der Waals surface area contributed by atoms with Crippen molar-refractivity contribution in [2.75, 3.05) is 11.5 Å². The quantitative estimate of drug-likeness (QED) is 0.756. The molecule has 2 fully saturated rings. The molecule has 1 amide bonds. The Kier molecular flexibility index (Phi) is 6.34. The number of nitrogens with one attached hydrogen (secondary N) is 1. The van der Waals surface area contributed by atoms with Crippen LogP contribution < -0.4 is 5.32 Å². The van der Waals surface area contributed by atoms with Crippen molar-refractivity contribution in [3.63, 3.8) is 0 Å². The van der Waals surface area contributed by atoms with Crippen LogP contribution in [0, 0.1) is 0 Å². The zero-order chi connectivity index (χ0) is 17.7. The van der Waals surface area contributed by atoms with Crippen LogP contribution in [0.3, 0.4) is 0 Å². The fourth-order valence-electron chi connectivity index (χ4n) is 3.49. The molecule has 1 heterocycles. The Bertz CT molecular complexity index is 604. The van der Waals surface area contributed by atoms with Gasteiger partial charge in [0.15, 0.2) is 0 Å². The fourth-order valence-corrected chi connectivity index (χ4v) is 6.38. The SMILES string of the molecule is O=C(NC1(C(=O)O)CCCCCC1)c1ccc(C2SCCCS2)cc1. The predicted octanol–water partition coefficient (Wildman–Crippen LogP) is 4.46. The highest BCUT2D eigenvalue weighted by molar-refractivity contribution is 8.16. The number of hydrogen-bond acceptors (Lipinski definition) is 4. The molecule has 1 aromatic rings. The third kappa shape index (κ3) is 4.53. The minimum absolute atomic E-state index is 0.278. The first-order valence-electron chi connectivity index (χ1n) is 9.00. The highest BCUT2D eigenvalue weighted by atomic mass is 32.2. The number of benzene rings is 1. The standard InChI is InChI=1S/C19H25NO3S2/c21-16(20-19(18(22)23)10-3-1-2-4-11-19)14-6-8-15(9-7-14)17-24-12-5-13-25-17/h6-9,17H,1-5,10-13H2,(H,20,21)(H,22,23). The average molecular weight is 380 g/mol. The van der Waals surface area contributed by atoms with Crippen LogP contribution >= 0.6 is 23.5 Å². The Hall–Kier alpha value is -1.14. The van der Waals surface area contributed by atoms with E-state index in [-0.39, 0.29) is 5.91 Å². The summed E-state index contributed by atoms with van der Waals surface area (Å²) in [6, 6.07) is 7.66. The number of carbonyl (C=O) groups excluding carboxylic acids is 1. The lowest BCUT2D eigenvalue weighted by Crippen LogP contribution is -2.54. The second-order valence-corrected chi connectivity index (χ2v) is 9.53. The molecule has 4 nitrogen and oxygen atoms in total. The Morgan fingerprint density at radius 2 is 1.56 bits per heavy atom. The molecule has 0 atom stereocenters. The molecule has 1 aliphatic carbocycles. The molecule has 1 aromatic carbocycles. The number of carbonyl (C=O) groups is 2. The van der Waals surface area contributed by atoms with Gasteiger partial charge >= 0.3 is 5.97 Å². The smallest absolute Gasteiger partial charge is 0.329 e. The minimum atomic E-state index is -1.11. The van der Waals surface area contributed by atoms with Gasteiger partial charge in [-0.3, -0.25) is 4.79 Å². The van der Waals surface area contributed by atoms with Gasteiger partial charge in [-0.15, -0.1) is 23.5 Å². The summed E-state index contributed by atoms with van der Waals surface area (Å²) in [4.78, 5) is 24.5. The maximum Gasteiger partial charge on any atom is 0.329 e. The van der Waals surface area contributed by atoms with Crippen LogP contribution in [0.15, 0.2) is 24.3 Å². The van der Waals surface area contributed by atoms with Gasteiger partial charge in [-0.2, -0.15) is 0 Å². The van der Waals surface area contributed by atoms with E-state index in [1.807, 2.05) is 47.8 Å². The number of aliphatic carboxylic acids is 1. The number of carboxylic acid groups (broad SMARTS) is 1. The van der Waals surface area contributed by atoms with Crippen LogP contribution in [0.5, 0.6) is 0 Å². The topological polar surface area (TPSA) is 66.4 Å². The zero-order valence-electron chi connectivity index (χ0n) is 14.3. The van der Waals surface area contributed by atoms with Crippen LogP contribution in [-0.4, -0.2) is 34.0 Å². The Balaban J connectivity index is 1.70. The molecule has 6 heteroatoms. The number of carboxylic acids is 1. The van der Waals surface area contributed by atoms with Crippen molar-refractivity contribution in [3.8, 4) is 0 Å². The first-order chi connectivity index (χ1) is 12.1. The van der Waals surface area contributed by atoms with Crippen LogP contribution in [0.1, 0.15) is 65.4 Å². The summed E-state index contributed by atoms with van der Waals surface area (Å²) in [5.74, 6) is 1.18. The highest BCUT2D eigenvalue weighted by Gasteiger charge is 2.40. The molecule has 0 spiro atoms. The van der Waals surface area contributed by atoms with Crippen molar-refractivity contribution in [3.05, 3.63) is 35.4 Å². The van der Waals surface area contributed by atoms with Crippen LogP contribution in [-0.2, 0) is 4.79 Å². The molecule has 1 saturated carbocycles. The number of rotatable bonds is 4. The largest absolute Gasteiger partial charge is 0.480 e. The van der Waals surface area contributed by atoms with Crippen molar-refractivity contribution in [1.82, 2.24) is 5.32 Å². The van der Waals surface area contributed by atoms with Crippen molar-refractivity contribution < 1.29 is 14.7 Å². The third-order valence-corrected chi connectivity index (χ3v) is 8.01. The summed E-state index contributed by atoms with van der Waals surface area (Å²) in [7, 11) is 0. The molecule has 1 saturated heterocycles. The Labute approximate surface area is 157 Å². The van der Waals surface area contributed by atoms with Crippen molar-refractivity contribution in [2.45, 2.75) is 55.1 Å². The van der Waals surface area contributed by atoms with E-state index in [9.17, 15) is 14.7 Å². The van der Waals surface area contributed by atoms with Crippen LogP contribution in [0.4, 0.5) is 0 Å². The molecule has 0 radical (unpaired) electrons. The van der Waals surface area contributed by atoms with E-state index in [1.165, 1.54) is 23.5 Å². The van der Waals surface area contributed by atoms with Gasteiger partial charge in [0.05, 0.1) is 4.58 Å². The second kappa shape index (κ2) is 8.49. The summed E-state index contributed by atoms with van der Waals surface area (Å²) in [6.45, 7) is 0. The molecule has 0 aromatic heterocycles. The Morgan fingerprint density at radius 3 is 2.12 bits per heavy atom. The molecule has 2 N–H and O–H groups in total. The van der Waals surface area contributed by atoms with Gasteiger partial charge in [0.25, 0.3) is 5.91 Å². The Morgan fingerprint density at radius 1 is 0.960 bits per heavy atom. The lowest BCUT2D eigenvalue weighted by Gasteiger charge is -2.29. The molecule has 0 unspecified atom stereocenters.